The predicted octanol–water partition coefficient (Wildman–Crippen LogP) is 2.66. The maximum atomic E-state index is 13.6. The van der Waals surface area contributed by atoms with E-state index in [9.17, 15) is 21.6 Å². The van der Waals surface area contributed by atoms with Gasteiger partial charge in [0.25, 0.3) is 0 Å². The Morgan fingerprint density at radius 1 is 0.971 bits per heavy atom. The molecule has 0 bridgehead atoms. The molecule has 8 nitrogen and oxygen atoms in total. The number of piperidine rings is 1. The van der Waals surface area contributed by atoms with E-state index in [4.69, 9.17) is 0 Å². The fraction of sp³-hybridized carbons (Fsp3) is 0.708. The van der Waals surface area contributed by atoms with Crippen LogP contribution < -0.4 is 0 Å². The van der Waals surface area contributed by atoms with Crippen molar-refractivity contribution in [3.8, 4) is 0 Å². The van der Waals surface area contributed by atoms with Gasteiger partial charge in [0.15, 0.2) is 0 Å². The van der Waals surface area contributed by atoms with Gasteiger partial charge in [-0.3, -0.25) is 9.69 Å². The van der Waals surface area contributed by atoms with Gasteiger partial charge in [-0.1, -0.05) is 32.4 Å². The molecule has 0 aliphatic carbocycles. The molecule has 3 saturated heterocycles. The molecule has 1 aromatic carbocycles. The van der Waals surface area contributed by atoms with Crippen LogP contribution in [0.4, 0.5) is 0 Å². The maximum absolute atomic E-state index is 13.6. The van der Waals surface area contributed by atoms with E-state index in [1.54, 1.807) is 12.1 Å². The second kappa shape index (κ2) is 9.19. The lowest BCUT2D eigenvalue weighted by molar-refractivity contribution is -0.129. The Bertz CT molecular complexity index is 1120. The van der Waals surface area contributed by atoms with Gasteiger partial charge in [0.2, 0.25) is 26.0 Å². The number of nitrogens with zero attached hydrogens (tertiary/aromatic N) is 3. The van der Waals surface area contributed by atoms with Crippen LogP contribution in [0.25, 0.3) is 0 Å². The number of hydrogen-bond acceptors (Lipinski definition) is 6. The van der Waals surface area contributed by atoms with E-state index < -0.39 is 44.0 Å². The highest BCUT2D eigenvalue weighted by atomic mass is 32.2. The van der Waals surface area contributed by atoms with Crippen molar-refractivity contribution >= 4 is 26.0 Å². The van der Waals surface area contributed by atoms with Crippen molar-refractivity contribution in [3.63, 3.8) is 0 Å². The molecular formula is C24H37N3O5S2. The third kappa shape index (κ3) is 4.42. The smallest absolute Gasteiger partial charge is 0.243 e. The summed E-state index contributed by atoms with van der Waals surface area (Å²) in [4.78, 5) is 15.7. The highest BCUT2D eigenvalue weighted by Gasteiger charge is 2.59. The first-order valence-corrected chi connectivity index (χ1v) is 15.5. The first-order chi connectivity index (χ1) is 15.8. The Labute approximate surface area is 204 Å². The Morgan fingerprint density at radius 3 is 2.09 bits per heavy atom. The molecular weight excluding hydrogens is 474 g/mol. The Hall–Kier alpha value is -1.49. The van der Waals surface area contributed by atoms with Crippen LogP contribution in [0.15, 0.2) is 29.2 Å². The zero-order valence-corrected chi connectivity index (χ0v) is 22.3. The normalized spacial score (nSPS) is 31.4. The molecule has 3 heterocycles. The number of carbonyl (C=O) groups excluding carboxylic acids is 1. The second-order valence-electron chi connectivity index (χ2n) is 10.6. The molecule has 0 aromatic heterocycles. The SMILES string of the molecule is CC(C)[C@H]1C(=O)N(S(C)(=O)=O)[C@H]2CCN(S(=O)(=O)c3ccc(CN4C(C)CCCC4C)cc3)[C@H]12. The van der Waals surface area contributed by atoms with Crippen LogP contribution in [-0.2, 0) is 31.4 Å². The number of sulfonamides is 2. The van der Waals surface area contributed by atoms with E-state index in [2.05, 4.69) is 18.7 Å². The Balaban J connectivity index is 1.59. The molecule has 0 radical (unpaired) electrons. The summed E-state index contributed by atoms with van der Waals surface area (Å²) in [7, 11) is -7.65. The molecule has 0 N–H and O–H groups in total. The molecule has 4 rings (SSSR count). The molecule has 3 aliphatic rings. The van der Waals surface area contributed by atoms with Crippen LogP contribution in [-0.4, -0.2) is 73.2 Å². The quantitative estimate of drug-likeness (QED) is 0.583. The first kappa shape index (κ1) is 25.6. The molecule has 2 unspecified atom stereocenters. The zero-order valence-electron chi connectivity index (χ0n) is 20.7. The first-order valence-electron chi connectivity index (χ1n) is 12.2. The number of amides is 1. The van der Waals surface area contributed by atoms with E-state index in [0.29, 0.717) is 18.5 Å². The number of likely N-dealkylation sites (tertiary alicyclic amines) is 1. The minimum Gasteiger partial charge on any atom is -0.294 e. The van der Waals surface area contributed by atoms with Gasteiger partial charge in [-0.2, -0.15) is 4.31 Å². The van der Waals surface area contributed by atoms with E-state index in [1.165, 1.54) is 23.6 Å². The maximum Gasteiger partial charge on any atom is 0.243 e. The zero-order chi connectivity index (χ0) is 25.0. The van der Waals surface area contributed by atoms with Gasteiger partial charge in [0, 0.05) is 25.2 Å². The highest BCUT2D eigenvalue weighted by molar-refractivity contribution is 7.89. The van der Waals surface area contributed by atoms with Crippen LogP contribution in [0.3, 0.4) is 0 Å². The van der Waals surface area contributed by atoms with Crippen LogP contribution in [0, 0.1) is 11.8 Å². The average molecular weight is 512 g/mol. The van der Waals surface area contributed by atoms with Crippen molar-refractivity contribution in [1.29, 1.82) is 0 Å². The molecule has 0 saturated carbocycles. The van der Waals surface area contributed by atoms with E-state index >= 15 is 0 Å². The van der Waals surface area contributed by atoms with Gasteiger partial charge in [-0.25, -0.2) is 21.1 Å². The summed E-state index contributed by atoms with van der Waals surface area (Å²) in [6, 6.07) is 6.71. The van der Waals surface area contributed by atoms with Crippen molar-refractivity contribution < 1.29 is 21.6 Å². The third-order valence-electron chi connectivity index (χ3n) is 7.89. The number of carbonyl (C=O) groups is 1. The topological polar surface area (TPSA) is 95.1 Å². The summed E-state index contributed by atoms with van der Waals surface area (Å²) in [5.74, 6) is -1.36. The number of benzene rings is 1. The molecule has 190 valence electrons. The van der Waals surface area contributed by atoms with E-state index in [0.717, 1.165) is 22.7 Å². The molecule has 3 fully saturated rings. The summed E-state index contributed by atoms with van der Waals surface area (Å²) in [5.41, 5.74) is 1.07. The molecule has 10 heteroatoms. The third-order valence-corrected chi connectivity index (χ3v) is 11.0. The minimum atomic E-state index is -3.88. The fourth-order valence-corrected chi connectivity index (χ4v) is 9.03. The van der Waals surface area contributed by atoms with Crippen LogP contribution in [0.5, 0.6) is 0 Å². The molecule has 0 spiro atoms. The van der Waals surface area contributed by atoms with Crippen molar-refractivity contribution in [2.75, 3.05) is 12.8 Å². The summed E-state index contributed by atoms with van der Waals surface area (Å²) < 4.78 is 54.3. The van der Waals surface area contributed by atoms with Crippen molar-refractivity contribution in [2.45, 2.75) is 89.0 Å². The summed E-state index contributed by atoms with van der Waals surface area (Å²) >= 11 is 0. The fourth-order valence-electron chi connectivity index (χ4n) is 6.17. The van der Waals surface area contributed by atoms with E-state index in [-0.39, 0.29) is 17.4 Å². The monoisotopic (exact) mass is 511 g/mol. The average Bonchev–Trinajstić information content (AvgIpc) is 3.27. The lowest BCUT2D eigenvalue weighted by Gasteiger charge is -2.39. The largest absolute Gasteiger partial charge is 0.294 e. The Morgan fingerprint density at radius 2 is 1.56 bits per heavy atom. The van der Waals surface area contributed by atoms with Gasteiger partial charge in [0.1, 0.15) is 0 Å². The van der Waals surface area contributed by atoms with Crippen molar-refractivity contribution in [3.05, 3.63) is 29.8 Å². The second-order valence-corrected chi connectivity index (χ2v) is 14.3. The van der Waals surface area contributed by atoms with Gasteiger partial charge in [-0.05, 0) is 56.7 Å². The lowest BCUT2D eigenvalue weighted by atomic mass is 9.89. The lowest BCUT2D eigenvalue weighted by Crippen LogP contribution is -2.44. The number of fused-ring (bicyclic) bond motifs is 1. The van der Waals surface area contributed by atoms with Crippen LogP contribution in [0.2, 0.25) is 0 Å². The molecule has 1 amide bonds. The van der Waals surface area contributed by atoms with Gasteiger partial charge < -0.3 is 0 Å². The van der Waals surface area contributed by atoms with Crippen molar-refractivity contribution in [1.82, 2.24) is 13.5 Å². The Kier molecular flexibility index (Phi) is 6.92. The molecule has 5 atom stereocenters. The summed E-state index contributed by atoms with van der Waals surface area (Å²) in [6.07, 6.45) is 4.92. The van der Waals surface area contributed by atoms with Crippen LogP contribution in [0.1, 0.15) is 58.9 Å². The highest BCUT2D eigenvalue weighted by Crippen LogP contribution is 2.43. The van der Waals surface area contributed by atoms with E-state index in [1.807, 2.05) is 26.0 Å². The predicted molar refractivity (Wildman–Crippen MR) is 131 cm³/mol. The summed E-state index contributed by atoms with van der Waals surface area (Å²) in [5, 5.41) is 0. The van der Waals surface area contributed by atoms with Crippen molar-refractivity contribution in [2.24, 2.45) is 11.8 Å². The van der Waals surface area contributed by atoms with Gasteiger partial charge in [0.05, 0.1) is 29.2 Å². The van der Waals surface area contributed by atoms with Gasteiger partial charge in [-0.15, -0.1) is 0 Å². The standard InChI is InChI=1S/C24H37N3O5S2/c1-16(2)22-23-21(27(24(22)28)33(5,29)30)13-14-26(23)34(31,32)20-11-9-19(10-12-20)15-25-17(3)7-6-8-18(25)4/h9-12,16-18,21-23H,6-8,13-15H2,1-5H3/t17?,18?,21-,22+,23-/m0/s1. The van der Waals surface area contributed by atoms with Gasteiger partial charge >= 0.3 is 0 Å². The number of hydrogen-bond donors (Lipinski definition) is 0. The molecule has 34 heavy (non-hydrogen) atoms. The summed E-state index contributed by atoms with van der Waals surface area (Å²) in [6.45, 7) is 9.14. The minimum absolute atomic E-state index is 0.182. The number of rotatable bonds is 6. The van der Waals surface area contributed by atoms with Crippen LogP contribution >= 0.6 is 0 Å². The molecule has 1 aromatic rings. The molecule has 3 aliphatic heterocycles.